The molecule has 0 spiro atoms. The Morgan fingerprint density at radius 1 is 1.16 bits per heavy atom. The van der Waals surface area contributed by atoms with E-state index in [1.165, 1.54) is 37.1 Å². The first-order valence-corrected chi connectivity index (χ1v) is 12.0. The molecule has 4 N–H and O–H groups in total. The Balaban J connectivity index is 1.39. The van der Waals surface area contributed by atoms with Gasteiger partial charge in [-0.2, -0.15) is 0 Å². The lowest BCUT2D eigenvalue weighted by atomic mass is 9.98. The number of carbonyl (C=O) groups is 1. The minimum Gasteiger partial charge on any atom is -0.489 e. The molecule has 4 rings (SSSR count). The topological polar surface area (TPSA) is 107 Å². The zero-order chi connectivity index (χ0) is 22.7. The minimum atomic E-state index is -0.305. The van der Waals surface area contributed by atoms with Crippen molar-refractivity contribution in [2.24, 2.45) is 23.4 Å². The first-order valence-electron chi connectivity index (χ1n) is 12.0. The monoisotopic (exact) mass is 443 g/mol. The molecule has 8 nitrogen and oxygen atoms in total. The Kier molecular flexibility index (Phi) is 7.08. The summed E-state index contributed by atoms with van der Waals surface area (Å²) in [6, 6.07) is 3.76. The highest BCUT2D eigenvalue weighted by atomic mass is 16.6. The third-order valence-corrected chi connectivity index (χ3v) is 7.00. The molecule has 1 aliphatic heterocycles. The van der Waals surface area contributed by atoms with Crippen molar-refractivity contribution >= 4 is 11.8 Å². The first-order chi connectivity index (χ1) is 15.4. The van der Waals surface area contributed by atoms with Crippen LogP contribution in [0.5, 0.6) is 5.75 Å². The van der Waals surface area contributed by atoms with Crippen molar-refractivity contribution in [1.29, 1.82) is 0 Å². The fraction of sp³-hybridized carbons (Fsp3) is 0.667. The van der Waals surface area contributed by atoms with Gasteiger partial charge in [0.1, 0.15) is 12.4 Å². The van der Waals surface area contributed by atoms with Crippen LogP contribution in [0.1, 0.15) is 62.8 Å². The van der Waals surface area contributed by atoms with E-state index in [1.54, 1.807) is 11.9 Å². The molecule has 8 heteroatoms. The molecule has 0 bridgehead atoms. The van der Waals surface area contributed by atoms with Gasteiger partial charge >= 0.3 is 6.09 Å². The summed E-state index contributed by atoms with van der Waals surface area (Å²) in [6.07, 6.45) is 9.53. The van der Waals surface area contributed by atoms with Crippen LogP contribution >= 0.6 is 0 Å². The molecule has 1 aromatic rings. The van der Waals surface area contributed by atoms with Gasteiger partial charge in [0.2, 0.25) is 0 Å². The average molecular weight is 444 g/mol. The number of pyridine rings is 1. The molecule has 3 aliphatic rings. The standard InChI is InChI=1S/C24H37N5O3/c1-16-22(32-19-6-4-3-5-7-19)11-10-20(27-16)23(25)21(28(2)26)15-31-24(30)29-13-12-18(14-29)17-8-9-17/h10-11,17-19H,3-9,12-15,25-26H2,1-2H3/b23-21-. The highest BCUT2D eigenvalue weighted by molar-refractivity contribution is 5.69. The van der Waals surface area contributed by atoms with E-state index >= 15 is 0 Å². The molecule has 2 saturated carbocycles. The summed E-state index contributed by atoms with van der Waals surface area (Å²) in [5.41, 5.74) is 8.70. The summed E-state index contributed by atoms with van der Waals surface area (Å²) in [5.74, 6) is 8.23. The van der Waals surface area contributed by atoms with Crippen LogP contribution in [0.2, 0.25) is 0 Å². The van der Waals surface area contributed by atoms with Gasteiger partial charge in [-0.3, -0.25) is 0 Å². The van der Waals surface area contributed by atoms with Gasteiger partial charge in [-0.1, -0.05) is 6.42 Å². The number of hydrogen-bond donors (Lipinski definition) is 2. The molecule has 176 valence electrons. The van der Waals surface area contributed by atoms with Gasteiger partial charge in [-0.15, -0.1) is 0 Å². The van der Waals surface area contributed by atoms with Gasteiger partial charge in [0.15, 0.2) is 0 Å². The number of aryl methyl sites for hydroxylation is 1. The number of likely N-dealkylation sites (N-methyl/N-ethyl adjacent to an activating group) is 1. The summed E-state index contributed by atoms with van der Waals surface area (Å²) in [5, 5.41) is 1.39. The van der Waals surface area contributed by atoms with E-state index in [0.29, 0.717) is 23.0 Å². The fourth-order valence-electron chi connectivity index (χ4n) is 4.83. The van der Waals surface area contributed by atoms with Gasteiger partial charge in [0, 0.05) is 20.1 Å². The summed E-state index contributed by atoms with van der Waals surface area (Å²) < 4.78 is 11.7. The van der Waals surface area contributed by atoms with Crippen LogP contribution < -0.4 is 16.3 Å². The van der Waals surface area contributed by atoms with Crippen molar-refractivity contribution in [3.05, 3.63) is 29.2 Å². The summed E-state index contributed by atoms with van der Waals surface area (Å²) in [7, 11) is 1.68. The number of amides is 1. The first kappa shape index (κ1) is 22.7. The third-order valence-electron chi connectivity index (χ3n) is 7.00. The second-order valence-corrected chi connectivity index (χ2v) is 9.52. The maximum atomic E-state index is 12.6. The number of carbonyl (C=O) groups excluding carboxylic acids is 1. The van der Waals surface area contributed by atoms with Gasteiger partial charge in [-0.25, -0.2) is 15.6 Å². The Labute approximate surface area is 190 Å². The number of ether oxygens (including phenoxy) is 2. The highest BCUT2D eigenvalue weighted by Crippen LogP contribution is 2.41. The maximum absolute atomic E-state index is 12.6. The van der Waals surface area contributed by atoms with E-state index in [4.69, 9.17) is 21.1 Å². The Morgan fingerprint density at radius 2 is 1.91 bits per heavy atom. The molecule has 1 amide bonds. The molecule has 1 atom stereocenters. The second-order valence-electron chi connectivity index (χ2n) is 9.52. The van der Waals surface area contributed by atoms with Crippen LogP contribution in [-0.2, 0) is 4.74 Å². The third kappa shape index (κ3) is 5.46. The molecule has 0 aromatic carbocycles. The van der Waals surface area contributed by atoms with Crippen molar-refractivity contribution in [1.82, 2.24) is 14.9 Å². The molecule has 0 radical (unpaired) electrons. The molecule has 2 aliphatic carbocycles. The molecular weight excluding hydrogens is 406 g/mol. The predicted molar refractivity (Wildman–Crippen MR) is 123 cm³/mol. The fourth-order valence-corrected chi connectivity index (χ4v) is 4.83. The van der Waals surface area contributed by atoms with Gasteiger partial charge in [-0.05, 0) is 75.8 Å². The lowest BCUT2D eigenvalue weighted by Gasteiger charge is -2.24. The zero-order valence-electron chi connectivity index (χ0n) is 19.4. The SMILES string of the molecule is Cc1nc(/C(N)=C(\COC(=O)N2CCC(C3CC3)C2)N(C)N)ccc1OC1CCCCC1. The smallest absolute Gasteiger partial charge is 0.410 e. The van der Waals surface area contributed by atoms with E-state index in [2.05, 4.69) is 4.98 Å². The van der Waals surface area contributed by atoms with Crippen LogP contribution in [0.15, 0.2) is 17.8 Å². The molecule has 1 aromatic heterocycles. The number of rotatable bonds is 7. The van der Waals surface area contributed by atoms with Gasteiger partial charge < -0.3 is 25.1 Å². The number of likely N-dealkylation sites (tertiary alicyclic amines) is 1. The van der Waals surface area contributed by atoms with Gasteiger partial charge in [0.05, 0.1) is 28.9 Å². The van der Waals surface area contributed by atoms with E-state index < -0.39 is 0 Å². The van der Waals surface area contributed by atoms with E-state index in [-0.39, 0.29) is 18.8 Å². The average Bonchev–Trinajstić information content (AvgIpc) is 3.51. The van der Waals surface area contributed by atoms with E-state index in [9.17, 15) is 4.79 Å². The number of aromatic nitrogens is 1. The van der Waals surface area contributed by atoms with Crippen LogP contribution in [-0.4, -0.2) is 53.8 Å². The van der Waals surface area contributed by atoms with Crippen LogP contribution in [0, 0.1) is 18.8 Å². The molecule has 2 heterocycles. The Hall–Kier alpha value is -2.48. The molecule has 1 unspecified atom stereocenters. The van der Waals surface area contributed by atoms with E-state index in [0.717, 1.165) is 49.7 Å². The largest absolute Gasteiger partial charge is 0.489 e. The van der Waals surface area contributed by atoms with Crippen LogP contribution in [0.3, 0.4) is 0 Å². The molecule has 32 heavy (non-hydrogen) atoms. The highest BCUT2D eigenvalue weighted by Gasteiger charge is 2.37. The number of hydrogen-bond acceptors (Lipinski definition) is 7. The second kappa shape index (κ2) is 9.98. The molecular formula is C24H37N5O3. The molecule has 1 saturated heterocycles. The maximum Gasteiger partial charge on any atom is 0.410 e. The lowest BCUT2D eigenvalue weighted by Crippen LogP contribution is -2.34. The van der Waals surface area contributed by atoms with Crippen molar-refractivity contribution in [2.75, 3.05) is 26.7 Å². The summed E-state index contributed by atoms with van der Waals surface area (Å²) in [6.45, 7) is 3.48. The Morgan fingerprint density at radius 3 is 2.56 bits per heavy atom. The van der Waals surface area contributed by atoms with E-state index in [1.807, 2.05) is 19.1 Å². The number of nitrogens with two attached hydrogens (primary N) is 2. The van der Waals surface area contributed by atoms with Crippen molar-refractivity contribution in [3.8, 4) is 5.75 Å². The normalized spacial score (nSPS) is 22.5. The zero-order valence-corrected chi connectivity index (χ0v) is 19.4. The molecule has 3 fully saturated rings. The predicted octanol–water partition coefficient (Wildman–Crippen LogP) is 3.40. The van der Waals surface area contributed by atoms with Crippen molar-refractivity contribution in [2.45, 2.75) is 64.4 Å². The van der Waals surface area contributed by atoms with Crippen molar-refractivity contribution in [3.63, 3.8) is 0 Å². The number of nitrogens with zero attached hydrogens (tertiary/aromatic N) is 3. The number of hydrazine groups is 1. The summed E-state index contributed by atoms with van der Waals surface area (Å²) >= 11 is 0. The Bertz CT molecular complexity index is 846. The van der Waals surface area contributed by atoms with Crippen LogP contribution in [0.4, 0.5) is 4.79 Å². The van der Waals surface area contributed by atoms with Gasteiger partial charge in [0.25, 0.3) is 0 Å². The summed E-state index contributed by atoms with van der Waals surface area (Å²) in [4.78, 5) is 19.0. The van der Waals surface area contributed by atoms with Crippen LogP contribution in [0.25, 0.3) is 5.70 Å². The minimum absolute atomic E-state index is 0.00329. The quantitative estimate of drug-likeness (QED) is 0.491. The lowest BCUT2D eigenvalue weighted by molar-refractivity contribution is 0.111. The van der Waals surface area contributed by atoms with Crippen molar-refractivity contribution < 1.29 is 14.3 Å².